The molecule has 0 aromatic carbocycles. The van der Waals surface area contributed by atoms with E-state index < -0.39 is 11.9 Å². The van der Waals surface area contributed by atoms with E-state index in [2.05, 4.69) is 38.2 Å². The fourth-order valence-corrected chi connectivity index (χ4v) is 4.69. The number of allylic oxidation sites excluding steroid dienone is 4. The van der Waals surface area contributed by atoms with Crippen molar-refractivity contribution in [2.24, 2.45) is 0 Å². The summed E-state index contributed by atoms with van der Waals surface area (Å²) in [6.07, 6.45) is 42.5. The summed E-state index contributed by atoms with van der Waals surface area (Å²) >= 11 is 0. The van der Waals surface area contributed by atoms with Crippen LogP contribution in [0.5, 0.6) is 0 Å². The Morgan fingerprint density at radius 1 is 0.390 bits per heavy atom. The molecule has 0 bridgehead atoms. The summed E-state index contributed by atoms with van der Waals surface area (Å²) in [7, 11) is 0. The SMILES string of the molecule is CCCCCCCC/C=C\CCCCCCCC(=O)O.CCCCCCCC/C=C\CCCCCCCC(=O)O.[SnH2]. The Bertz CT molecular complexity index is 524. The Morgan fingerprint density at radius 3 is 0.854 bits per heavy atom. The van der Waals surface area contributed by atoms with Gasteiger partial charge in [-0.2, -0.15) is 0 Å². The average molecular weight is 686 g/mol. The Hall–Kier alpha value is -0.781. The van der Waals surface area contributed by atoms with Crippen molar-refractivity contribution < 1.29 is 19.8 Å². The van der Waals surface area contributed by atoms with Crippen LogP contribution in [0, 0.1) is 0 Å². The van der Waals surface area contributed by atoms with Crippen molar-refractivity contribution in [2.75, 3.05) is 0 Å². The minimum absolute atomic E-state index is 0. The van der Waals surface area contributed by atoms with Crippen molar-refractivity contribution in [3.05, 3.63) is 24.3 Å². The molecule has 41 heavy (non-hydrogen) atoms. The molecule has 0 saturated carbocycles. The second-order valence-corrected chi connectivity index (χ2v) is 11.5. The number of rotatable bonds is 30. The van der Waals surface area contributed by atoms with Gasteiger partial charge in [-0.25, -0.2) is 0 Å². The Kier molecular flexibility index (Phi) is 45.0. The van der Waals surface area contributed by atoms with Gasteiger partial charge in [0.05, 0.1) is 0 Å². The van der Waals surface area contributed by atoms with Crippen LogP contribution in [0.25, 0.3) is 0 Å². The maximum absolute atomic E-state index is 10.3. The molecule has 0 fully saturated rings. The van der Waals surface area contributed by atoms with Crippen LogP contribution in [0.4, 0.5) is 0 Å². The topological polar surface area (TPSA) is 74.6 Å². The Balaban J connectivity index is -0.000000688. The third kappa shape index (κ3) is 49.2. The molecule has 0 aliphatic heterocycles. The number of carboxylic acid groups (broad SMARTS) is 2. The number of carboxylic acids is 2. The molecule has 0 aromatic rings. The van der Waals surface area contributed by atoms with Gasteiger partial charge in [0.15, 0.2) is 0 Å². The second-order valence-electron chi connectivity index (χ2n) is 11.5. The predicted molar refractivity (Wildman–Crippen MR) is 183 cm³/mol. The molecule has 0 heterocycles. The molecule has 5 heteroatoms. The summed E-state index contributed by atoms with van der Waals surface area (Å²) in [4.78, 5) is 20.6. The van der Waals surface area contributed by atoms with Crippen LogP contribution in [0.1, 0.15) is 194 Å². The molecule has 0 rings (SSSR count). The van der Waals surface area contributed by atoms with Crippen molar-refractivity contribution >= 4 is 35.8 Å². The standard InChI is InChI=1S/2C18H34O2.Sn.2H/c2*1-2-3-4-5-6-7-8-9-10-11-12-13-14-15-16-17-18(19)20;;;/h2*9-10H,2-8,11-17H2,1H3,(H,19,20);;;/b2*10-9-;;;. The number of aliphatic carboxylic acids is 2. The van der Waals surface area contributed by atoms with E-state index in [4.69, 9.17) is 10.2 Å². The third-order valence-electron chi connectivity index (χ3n) is 7.30. The molecule has 0 amide bonds. The van der Waals surface area contributed by atoms with Crippen molar-refractivity contribution in [1.29, 1.82) is 0 Å². The van der Waals surface area contributed by atoms with E-state index in [0.717, 1.165) is 25.7 Å². The zero-order chi connectivity index (χ0) is 29.8. The molecular formula is C36H70O4Sn. The first-order valence-electron chi connectivity index (χ1n) is 17.3. The van der Waals surface area contributed by atoms with Gasteiger partial charge in [-0.05, 0) is 64.2 Å². The molecule has 0 spiro atoms. The first kappa shape index (κ1) is 44.7. The maximum atomic E-state index is 10.3. The molecule has 2 radical (unpaired) electrons. The van der Waals surface area contributed by atoms with E-state index in [1.165, 1.54) is 141 Å². The first-order chi connectivity index (χ1) is 19.5. The second kappa shape index (κ2) is 41.4. The van der Waals surface area contributed by atoms with Crippen molar-refractivity contribution in [3.8, 4) is 0 Å². The summed E-state index contributed by atoms with van der Waals surface area (Å²) in [5.41, 5.74) is 0. The van der Waals surface area contributed by atoms with Gasteiger partial charge in [0, 0.05) is 12.8 Å². The molecule has 2 N–H and O–H groups in total. The van der Waals surface area contributed by atoms with Gasteiger partial charge in [-0.15, -0.1) is 0 Å². The first-order valence-corrected chi connectivity index (χ1v) is 17.3. The molecule has 4 nitrogen and oxygen atoms in total. The van der Waals surface area contributed by atoms with Crippen LogP contribution in [0.2, 0.25) is 0 Å². The molecule has 0 saturated heterocycles. The van der Waals surface area contributed by atoms with Gasteiger partial charge in [-0.1, -0.05) is 141 Å². The van der Waals surface area contributed by atoms with Gasteiger partial charge in [-0.3, -0.25) is 9.59 Å². The van der Waals surface area contributed by atoms with Crippen molar-refractivity contribution in [3.63, 3.8) is 0 Å². The molecule has 242 valence electrons. The van der Waals surface area contributed by atoms with Gasteiger partial charge in [0.2, 0.25) is 0 Å². The zero-order valence-corrected chi connectivity index (χ0v) is 31.6. The average Bonchev–Trinajstić information content (AvgIpc) is 2.93. The van der Waals surface area contributed by atoms with Crippen molar-refractivity contribution in [2.45, 2.75) is 194 Å². The fourth-order valence-electron chi connectivity index (χ4n) is 4.69. The number of hydrogen-bond donors (Lipinski definition) is 2. The normalized spacial score (nSPS) is 11.0. The van der Waals surface area contributed by atoms with E-state index in [0.29, 0.717) is 12.8 Å². The number of unbranched alkanes of at least 4 members (excludes halogenated alkanes) is 22. The van der Waals surface area contributed by atoms with Crippen LogP contribution < -0.4 is 0 Å². The monoisotopic (exact) mass is 686 g/mol. The molecule has 0 aliphatic rings. The van der Waals surface area contributed by atoms with Crippen LogP contribution in [-0.4, -0.2) is 46.1 Å². The summed E-state index contributed by atoms with van der Waals surface area (Å²) < 4.78 is 0. The zero-order valence-electron chi connectivity index (χ0n) is 27.5. The van der Waals surface area contributed by atoms with Gasteiger partial charge >= 0.3 is 35.8 Å². The van der Waals surface area contributed by atoms with E-state index in [1.807, 2.05) is 0 Å². The van der Waals surface area contributed by atoms with Crippen LogP contribution in [0.3, 0.4) is 0 Å². The summed E-state index contributed by atoms with van der Waals surface area (Å²) in [5.74, 6) is -1.33. The molecule has 0 aliphatic carbocycles. The van der Waals surface area contributed by atoms with Crippen LogP contribution >= 0.6 is 0 Å². The molecule has 0 atom stereocenters. The van der Waals surface area contributed by atoms with E-state index >= 15 is 0 Å². The van der Waals surface area contributed by atoms with Crippen molar-refractivity contribution in [1.82, 2.24) is 0 Å². The van der Waals surface area contributed by atoms with E-state index in [9.17, 15) is 9.59 Å². The summed E-state index contributed by atoms with van der Waals surface area (Å²) in [5, 5.41) is 17.0. The number of hydrogen-bond acceptors (Lipinski definition) is 2. The van der Waals surface area contributed by atoms with Crippen LogP contribution in [-0.2, 0) is 9.59 Å². The Morgan fingerprint density at radius 2 is 0.610 bits per heavy atom. The fraction of sp³-hybridized carbons (Fsp3) is 0.833. The van der Waals surface area contributed by atoms with Crippen LogP contribution in [0.15, 0.2) is 24.3 Å². The summed E-state index contributed by atoms with van der Waals surface area (Å²) in [6, 6.07) is 0. The third-order valence-corrected chi connectivity index (χ3v) is 7.30. The Labute approximate surface area is 272 Å². The summed E-state index contributed by atoms with van der Waals surface area (Å²) in [6.45, 7) is 4.52. The predicted octanol–water partition coefficient (Wildman–Crippen LogP) is 11.3. The molecular weight excluding hydrogens is 615 g/mol. The molecule has 0 aromatic heterocycles. The van der Waals surface area contributed by atoms with Gasteiger partial charge in [0.25, 0.3) is 0 Å². The quantitative estimate of drug-likeness (QED) is 0.0448. The van der Waals surface area contributed by atoms with Gasteiger partial charge < -0.3 is 10.2 Å². The number of carbonyl (C=O) groups is 2. The van der Waals surface area contributed by atoms with Gasteiger partial charge in [0.1, 0.15) is 0 Å². The molecule has 0 unspecified atom stereocenters. The van der Waals surface area contributed by atoms with E-state index in [-0.39, 0.29) is 23.9 Å². The minimum atomic E-state index is -0.664. The van der Waals surface area contributed by atoms with E-state index in [1.54, 1.807) is 0 Å².